The van der Waals surface area contributed by atoms with Crippen LogP contribution < -0.4 is 5.73 Å². The second kappa shape index (κ2) is 4.78. The Morgan fingerprint density at radius 3 is 2.18 bits per heavy atom. The van der Waals surface area contributed by atoms with E-state index in [1.807, 2.05) is 6.07 Å². The van der Waals surface area contributed by atoms with Crippen LogP contribution in [0.5, 0.6) is 0 Å². The van der Waals surface area contributed by atoms with Gasteiger partial charge in [0.15, 0.2) is 0 Å². The van der Waals surface area contributed by atoms with Gasteiger partial charge in [0.1, 0.15) is 0 Å². The van der Waals surface area contributed by atoms with Crippen molar-refractivity contribution in [2.75, 3.05) is 0 Å². The lowest BCUT2D eigenvalue weighted by Crippen LogP contribution is -2.10. The van der Waals surface area contributed by atoms with E-state index in [4.69, 9.17) is 28.9 Å². The molecule has 86 valence electrons. The quantitative estimate of drug-likeness (QED) is 0.883. The van der Waals surface area contributed by atoms with Gasteiger partial charge in [-0.05, 0) is 41.5 Å². The highest BCUT2D eigenvalue weighted by molar-refractivity contribution is 6.35. The number of carbonyl (C=O) groups is 1. The van der Waals surface area contributed by atoms with E-state index in [0.29, 0.717) is 15.6 Å². The van der Waals surface area contributed by atoms with Crippen LogP contribution >= 0.6 is 23.2 Å². The number of primary amides is 1. The molecule has 2 rings (SSSR count). The lowest BCUT2D eigenvalue weighted by molar-refractivity contribution is 0.100. The summed E-state index contributed by atoms with van der Waals surface area (Å²) in [5, 5.41) is 1.11. The first-order valence-corrected chi connectivity index (χ1v) is 5.68. The zero-order chi connectivity index (χ0) is 12.4. The van der Waals surface area contributed by atoms with E-state index in [9.17, 15) is 4.79 Å². The molecule has 0 radical (unpaired) electrons. The van der Waals surface area contributed by atoms with Crippen molar-refractivity contribution < 1.29 is 4.79 Å². The molecule has 2 N–H and O–H groups in total. The standard InChI is InChI=1S/C13H9Cl2NO/c14-11-5-10(6-12(15)7-11)8-2-1-3-9(4-8)13(16)17/h1-7H,(H2,16,17). The molecule has 0 heterocycles. The fourth-order valence-electron chi connectivity index (χ4n) is 1.57. The normalized spacial score (nSPS) is 10.2. The molecule has 0 aliphatic carbocycles. The van der Waals surface area contributed by atoms with Crippen molar-refractivity contribution in [3.63, 3.8) is 0 Å². The summed E-state index contributed by atoms with van der Waals surface area (Å²) < 4.78 is 0. The average Bonchev–Trinajstić information content (AvgIpc) is 2.28. The monoisotopic (exact) mass is 265 g/mol. The van der Waals surface area contributed by atoms with Crippen LogP contribution in [0.3, 0.4) is 0 Å². The summed E-state index contributed by atoms with van der Waals surface area (Å²) in [7, 11) is 0. The molecule has 0 aliphatic heterocycles. The van der Waals surface area contributed by atoms with Crippen molar-refractivity contribution >= 4 is 29.1 Å². The molecule has 0 aliphatic rings. The number of nitrogens with two attached hydrogens (primary N) is 1. The van der Waals surface area contributed by atoms with E-state index in [2.05, 4.69) is 0 Å². The molecule has 2 aromatic rings. The lowest BCUT2D eigenvalue weighted by Gasteiger charge is -2.05. The Hall–Kier alpha value is -1.51. The first kappa shape index (κ1) is 12.0. The van der Waals surface area contributed by atoms with Crippen LogP contribution in [-0.2, 0) is 0 Å². The fraction of sp³-hybridized carbons (Fsp3) is 0. The van der Waals surface area contributed by atoms with Gasteiger partial charge in [-0.1, -0.05) is 35.3 Å². The number of halogens is 2. The number of amides is 1. The molecule has 17 heavy (non-hydrogen) atoms. The van der Waals surface area contributed by atoms with Gasteiger partial charge in [0, 0.05) is 15.6 Å². The molecule has 2 nitrogen and oxygen atoms in total. The first-order chi connectivity index (χ1) is 8.06. The highest BCUT2D eigenvalue weighted by atomic mass is 35.5. The zero-order valence-electron chi connectivity index (χ0n) is 8.78. The Morgan fingerprint density at radius 1 is 0.941 bits per heavy atom. The van der Waals surface area contributed by atoms with E-state index in [-0.39, 0.29) is 0 Å². The topological polar surface area (TPSA) is 43.1 Å². The number of rotatable bonds is 2. The second-order valence-corrected chi connectivity index (χ2v) is 4.48. The van der Waals surface area contributed by atoms with Gasteiger partial charge in [0.25, 0.3) is 0 Å². The summed E-state index contributed by atoms with van der Waals surface area (Å²) >= 11 is 11.9. The van der Waals surface area contributed by atoms with Crippen LogP contribution in [0.25, 0.3) is 11.1 Å². The summed E-state index contributed by atoms with van der Waals surface area (Å²) in [6.07, 6.45) is 0. The molecule has 2 aromatic carbocycles. The van der Waals surface area contributed by atoms with Gasteiger partial charge in [-0.25, -0.2) is 0 Å². The van der Waals surface area contributed by atoms with E-state index in [1.54, 1.807) is 36.4 Å². The van der Waals surface area contributed by atoms with Gasteiger partial charge in [-0.15, -0.1) is 0 Å². The maximum Gasteiger partial charge on any atom is 0.248 e. The van der Waals surface area contributed by atoms with Gasteiger partial charge < -0.3 is 5.73 Å². The molecule has 0 saturated carbocycles. The van der Waals surface area contributed by atoms with Crippen molar-refractivity contribution in [1.82, 2.24) is 0 Å². The number of hydrogen-bond donors (Lipinski definition) is 1. The second-order valence-electron chi connectivity index (χ2n) is 3.60. The molecule has 1 amide bonds. The Kier molecular flexibility index (Phi) is 3.36. The molecule has 0 aromatic heterocycles. The summed E-state index contributed by atoms with van der Waals surface area (Å²) in [5.74, 6) is -0.458. The van der Waals surface area contributed by atoms with Crippen molar-refractivity contribution in [2.45, 2.75) is 0 Å². The predicted molar refractivity (Wildman–Crippen MR) is 70.4 cm³/mol. The summed E-state index contributed by atoms with van der Waals surface area (Å²) in [6, 6.07) is 12.2. The van der Waals surface area contributed by atoms with Crippen molar-refractivity contribution in [2.24, 2.45) is 5.73 Å². The molecule has 0 bridgehead atoms. The van der Waals surface area contributed by atoms with Crippen LogP contribution in [0.15, 0.2) is 42.5 Å². The number of benzene rings is 2. The number of hydrogen-bond acceptors (Lipinski definition) is 1. The minimum Gasteiger partial charge on any atom is -0.366 e. The SMILES string of the molecule is NC(=O)c1cccc(-c2cc(Cl)cc(Cl)c2)c1. The molecule has 0 atom stereocenters. The summed E-state index contributed by atoms with van der Waals surface area (Å²) in [5.41, 5.74) is 7.39. The number of carbonyl (C=O) groups excluding carboxylic acids is 1. The summed E-state index contributed by atoms with van der Waals surface area (Å²) in [4.78, 5) is 11.1. The third-order valence-electron chi connectivity index (χ3n) is 2.34. The molecule has 0 saturated heterocycles. The van der Waals surface area contributed by atoms with E-state index in [0.717, 1.165) is 11.1 Å². The van der Waals surface area contributed by atoms with Gasteiger partial charge in [-0.3, -0.25) is 4.79 Å². The van der Waals surface area contributed by atoms with E-state index in [1.165, 1.54) is 0 Å². The third kappa shape index (κ3) is 2.78. The molecule has 0 unspecified atom stereocenters. The zero-order valence-corrected chi connectivity index (χ0v) is 10.3. The highest BCUT2D eigenvalue weighted by Gasteiger charge is 2.05. The highest BCUT2D eigenvalue weighted by Crippen LogP contribution is 2.27. The maximum absolute atomic E-state index is 11.1. The van der Waals surface area contributed by atoms with Crippen LogP contribution in [-0.4, -0.2) is 5.91 Å². The van der Waals surface area contributed by atoms with Crippen LogP contribution in [0.1, 0.15) is 10.4 Å². The Labute approximate surface area is 109 Å². The fourth-order valence-corrected chi connectivity index (χ4v) is 2.10. The van der Waals surface area contributed by atoms with Gasteiger partial charge in [-0.2, -0.15) is 0 Å². The molecule has 4 heteroatoms. The minimum absolute atomic E-state index is 0.457. The van der Waals surface area contributed by atoms with Crippen molar-refractivity contribution in [3.05, 3.63) is 58.1 Å². The molecular formula is C13H9Cl2NO. The molecular weight excluding hydrogens is 257 g/mol. The molecule has 0 fully saturated rings. The predicted octanol–water partition coefficient (Wildman–Crippen LogP) is 3.76. The van der Waals surface area contributed by atoms with Gasteiger partial charge in [0.2, 0.25) is 5.91 Å². The van der Waals surface area contributed by atoms with Crippen LogP contribution in [0.4, 0.5) is 0 Å². The Morgan fingerprint density at radius 2 is 1.59 bits per heavy atom. The van der Waals surface area contributed by atoms with Crippen molar-refractivity contribution in [3.8, 4) is 11.1 Å². The first-order valence-electron chi connectivity index (χ1n) is 4.92. The maximum atomic E-state index is 11.1. The van der Waals surface area contributed by atoms with Crippen molar-refractivity contribution in [1.29, 1.82) is 0 Å². The van der Waals surface area contributed by atoms with E-state index >= 15 is 0 Å². The van der Waals surface area contributed by atoms with Crippen LogP contribution in [0.2, 0.25) is 10.0 Å². The average molecular weight is 266 g/mol. The Bertz CT molecular complexity index is 561. The van der Waals surface area contributed by atoms with Crippen LogP contribution in [0, 0.1) is 0 Å². The third-order valence-corrected chi connectivity index (χ3v) is 2.78. The summed E-state index contributed by atoms with van der Waals surface area (Å²) in [6.45, 7) is 0. The van der Waals surface area contributed by atoms with Gasteiger partial charge >= 0.3 is 0 Å². The molecule has 0 spiro atoms. The van der Waals surface area contributed by atoms with E-state index < -0.39 is 5.91 Å². The largest absolute Gasteiger partial charge is 0.366 e. The Balaban J connectivity index is 2.52. The van der Waals surface area contributed by atoms with Gasteiger partial charge in [0.05, 0.1) is 0 Å². The lowest BCUT2D eigenvalue weighted by atomic mass is 10.0. The smallest absolute Gasteiger partial charge is 0.248 e. The minimum atomic E-state index is -0.458.